The van der Waals surface area contributed by atoms with Crippen LogP contribution in [0.25, 0.3) is 0 Å². The van der Waals surface area contributed by atoms with Gasteiger partial charge in [0.2, 0.25) is 0 Å². The van der Waals surface area contributed by atoms with Gasteiger partial charge in [0.1, 0.15) is 5.82 Å². The van der Waals surface area contributed by atoms with E-state index in [0.717, 1.165) is 18.4 Å². The molecule has 0 amide bonds. The monoisotopic (exact) mass is 355 g/mol. The van der Waals surface area contributed by atoms with Gasteiger partial charge in [0.05, 0.1) is 10.6 Å². The lowest BCUT2D eigenvalue weighted by Gasteiger charge is -2.23. The quantitative estimate of drug-likeness (QED) is 0.697. The molecule has 6 heteroatoms. The van der Waals surface area contributed by atoms with Crippen LogP contribution in [-0.2, 0) is 16.4 Å². The summed E-state index contributed by atoms with van der Waals surface area (Å²) in [5.41, 5.74) is 1.49. The maximum Gasteiger partial charge on any atom is 0.264 e. The highest BCUT2D eigenvalue weighted by Crippen LogP contribution is 2.24. The molecule has 0 bridgehead atoms. The zero-order chi connectivity index (χ0) is 16.9. The van der Waals surface area contributed by atoms with Gasteiger partial charge in [-0.1, -0.05) is 12.1 Å². The number of anilines is 1. The number of rotatable bonds is 7. The molecule has 3 nitrogen and oxygen atoms in total. The molecule has 23 heavy (non-hydrogen) atoms. The van der Waals surface area contributed by atoms with Gasteiger partial charge in [0.15, 0.2) is 0 Å². The number of alkyl halides is 1. The second kappa shape index (κ2) is 7.79. The topological polar surface area (TPSA) is 37.4 Å². The number of halogens is 2. The van der Waals surface area contributed by atoms with Gasteiger partial charge >= 0.3 is 0 Å². The van der Waals surface area contributed by atoms with Crippen molar-refractivity contribution in [2.75, 3.05) is 16.7 Å². The van der Waals surface area contributed by atoms with Crippen LogP contribution in [-0.4, -0.2) is 20.8 Å². The van der Waals surface area contributed by atoms with E-state index in [2.05, 4.69) is 0 Å². The van der Waals surface area contributed by atoms with Crippen molar-refractivity contribution in [3.8, 4) is 0 Å². The molecule has 0 fully saturated rings. The minimum Gasteiger partial charge on any atom is -0.267 e. The Morgan fingerprint density at radius 3 is 2.17 bits per heavy atom. The van der Waals surface area contributed by atoms with E-state index in [0.29, 0.717) is 11.6 Å². The first kappa shape index (κ1) is 17.8. The number of nitrogens with zero attached hydrogens (tertiary/aromatic N) is 1. The summed E-state index contributed by atoms with van der Waals surface area (Å²) < 4.78 is 39.9. The average molecular weight is 356 g/mol. The molecule has 0 radical (unpaired) electrons. The Morgan fingerprint density at radius 1 is 1.04 bits per heavy atom. The third-order valence-electron chi connectivity index (χ3n) is 3.51. The van der Waals surface area contributed by atoms with Crippen LogP contribution in [0.15, 0.2) is 53.4 Å². The average Bonchev–Trinajstić information content (AvgIpc) is 2.55. The zero-order valence-corrected chi connectivity index (χ0v) is 14.4. The minimum absolute atomic E-state index is 0.221. The third kappa shape index (κ3) is 4.24. The van der Waals surface area contributed by atoms with Gasteiger partial charge in [0, 0.05) is 12.4 Å². The molecule has 2 aromatic rings. The smallest absolute Gasteiger partial charge is 0.264 e. The van der Waals surface area contributed by atoms with E-state index in [9.17, 15) is 12.8 Å². The minimum atomic E-state index is -3.67. The first-order chi connectivity index (χ1) is 11.0. The van der Waals surface area contributed by atoms with Crippen molar-refractivity contribution in [3.05, 3.63) is 59.9 Å². The predicted molar refractivity (Wildman–Crippen MR) is 92.1 cm³/mol. The Kier molecular flexibility index (Phi) is 6.02. The summed E-state index contributed by atoms with van der Waals surface area (Å²) in [4.78, 5) is 0.221. The van der Waals surface area contributed by atoms with Crippen LogP contribution < -0.4 is 4.31 Å². The van der Waals surface area contributed by atoms with Crippen molar-refractivity contribution in [1.82, 2.24) is 0 Å². The van der Waals surface area contributed by atoms with Gasteiger partial charge in [-0.05, 0) is 61.7 Å². The summed E-state index contributed by atoms with van der Waals surface area (Å²) in [6, 6.07) is 12.2. The molecule has 0 aromatic heterocycles. The second-order valence-corrected chi connectivity index (χ2v) is 7.32. The molecule has 0 spiro atoms. The molecule has 0 aliphatic heterocycles. The predicted octanol–water partition coefficient (Wildman–Crippen LogP) is 4.21. The SMILES string of the molecule is CCN(c1ccc(F)cc1)S(=O)(=O)c1ccc(CCCCl)cc1. The first-order valence-electron chi connectivity index (χ1n) is 7.42. The van der Waals surface area contributed by atoms with Gasteiger partial charge in [-0.15, -0.1) is 11.6 Å². The lowest BCUT2D eigenvalue weighted by atomic mass is 10.1. The third-order valence-corrected chi connectivity index (χ3v) is 5.70. The summed E-state index contributed by atoms with van der Waals surface area (Å²) in [7, 11) is -3.67. The van der Waals surface area contributed by atoms with Crippen molar-refractivity contribution in [1.29, 1.82) is 0 Å². The highest BCUT2D eigenvalue weighted by molar-refractivity contribution is 7.92. The van der Waals surface area contributed by atoms with Crippen LogP contribution in [0.5, 0.6) is 0 Å². The molecule has 0 atom stereocenters. The molecule has 124 valence electrons. The normalized spacial score (nSPS) is 11.4. The van der Waals surface area contributed by atoms with Crippen LogP contribution in [0.3, 0.4) is 0 Å². The lowest BCUT2D eigenvalue weighted by Crippen LogP contribution is -2.30. The van der Waals surface area contributed by atoms with Crippen LogP contribution in [0, 0.1) is 5.82 Å². The van der Waals surface area contributed by atoms with Crippen molar-refractivity contribution in [2.24, 2.45) is 0 Å². The van der Waals surface area contributed by atoms with E-state index in [1.165, 1.54) is 28.6 Å². The Hall–Kier alpha value is -1.59. The van der Waals surface area contributed by atoms with Crippen LogP contribution in [0.4, 0.5) is 10.1 Å². The summed E-state index contributed by atoms with van der Waals surface area (Å²) in [5, 5.41) is 0. The number of hydrogen-bond acceptors (Lipinski definition) is 2. The van der Waals surface area contributed by atoms with E-state index < -0.39 is 15.8 Å². The van der Waals surface area contributed by atoms with Crippen molar-refractivity contribution < 1.29 is 12.8 Å². The molecule has 0 saturated heterocycles. The van der Waals surface area contributed by atoms with Crippen molar-refractivity contribution in [2.45, 2.75) is 24.7 Å². The summed E-state index contributed by atoms with van der Waals surface area (Å²) in [6.45, 7) is 2.01. The maximum absolute atomic E-state index is 13.0. The fraction of sp³-hybridized carbons (Fsp3) is 0.294. The Morgan fingerprint density at radius 2 is 1.65 bits per heavy atom. The highest BCUT2D eigenvalue weighted by Gasteiger charge is 2.23. The molecule has 0 N–H and O–H groups in total. The van der Waals surface area contributed by atoms with Gasteiger partial charge in [0.25, 0.3) is 10.0 Å². The standard InChI is InChI=1S/C17H19ClFNO2S/c1-2-20(16-9-7-15(19)8-10-16)23(21,22)17-11-5-14(6-12-17)4-3-13-18/h5-12H,2-4,13H2,1H3. The molecule has 0 unspecified atom stereocenters. The van der Waals surface area contributed by atoms with E-state index in [1.54, 1.807) is 31.2 Å². The number of aryl methyl sites for hydroxylation is 1. The Labute approximate surface area is 141 Å². The molecular formula is C17H19ClFNO2S. The molecule has 2 rings (SSSR count). The summed E-state index contributed by atoms with van der Waals surface area (Å²) in [6.07, 6.45) is 1.67. The molecular weight excluding hydrogens is 337 g/mol. The van der Waals surface area contributed by atoms with Gasteiger partial charge < -0.3 is 0 Å². The summed E-state index contributed by atoms with van der Waals surface area (Å²) in [5.74, 6) is 0.180. The highest BCUT2D eigenvalue weighted by atomic mass is 35.5. The molecule has 0 heterocycles. The number of benzene rings is 2. The van der Waals surface area contributed by atoms with Gasteiger partial charge in [-0.25, -0.2) is 12.8 Å². The van der Waals surface area contributed by atoms with Crippen LogP contribution in [0.1, 0.15) is 18.9 Å². The molecule has 0 aliphatic rings. The second-order valence-electron chi connectivity index (χ2n) is 5.08. The molecule has 2 aromatic carbocycles. The van der Waals surface area contributed by atoms with Crippen molar-refractivity contribution >= 4 is 27.3 Å². The number of sulfonamides is 1. The Balaban J connectivity index is 2.29. The lowest BCUT2D eigenvalue weighted by molar-refractivity contribution is 0.591. The summed E-state index contributed by atoms with van der Waals surface area (Å²) >= 11 is 5.67. The first-order valence-corrected chi connectivity index (χ1v) is 9.39. The fourth-order valence-electron chi connectivity index (χ4n) is 2.32. The van der Waals surface area contributed by atoms with Crippen LogP contribution in [0.2, 0.25) is 0 Å². The zero-order valence-electron chi connectivity index (χ0n) is 12.9. The van der Waals surface area contributed by atoms with E-state index in [4.69, 9.17) is 11.6 Å². The number of hydrogen-bond donors (Lipinski definition) is 0. The van der Waals surface area contributed by atoms with E-state index in [1.807, 2.05) is 0 Å². The maximum atomic E-state index is 13.0. The van der Waals surface area contributed by atoms with E-state index >= 15 is 0 Å². The van der Waals surface area contributed by atoms with Crippen LogP contribution >= 0.6 is 11.6 Å². The Bertz CT molecular complexity index is 730. The molecule has 0 saturated carbocycles. The van der Waals surface area contributed by atoms with Gasteiger partial charge in [-0.2, -0.15) is 0 Å². The largest absolute Gasteiger partial charge is 0.267 e. The fourth-order valence-corrected chi connectivity index (χ4v) is 3.93. The molecule has 0 aliphatic carbocycles. The van der Waals surface area contributed by atoms with Crippen molar-refractivity contribution in [3.63, 3.8) is 0 Å². The van der Waals surface area contributed by atoms with E-state index in [-0.39, 0.29) is 11.4 Å². The van der Waals surface area contributed by atoms with Gasteiger partial charge in [-0.3, -0.25) is 4.31 Å².